The summed E-state index contributed by atoms with van der Waals surface area (Å²) in [6, 6.07) is 26.7. The van der Waals surface area contributed by atoms with Crippen LogP contribution in [0, 0.1) is 6.92 Å². The Morgan fingerprint density at radius 2 is 1.79 bits per heavy atom. The number of anilines is 1. The van der Waals surface area contributed by atoms with Gasteiger partial charge in [-0.3, -0.25) is 4.79 Å². The number of benzene rings is 3. The maximum absolute atomic E-state index is 12.4. The number of aromatic nitrogens is 1. The molecule has 2 heterocycles. The summed E-state index contributed by atoms with van der Waals surface area (Å²) in [4.78, 5) is 19.6. The molecule has 1 aliphatic heterocycles. The number of nitrogens with zero attached hydrogens (tertiary/aromatic N) is 2. The highest BCUT2D eigenvalue weighted by Gasteiger charge is 2.18. The molecule has 0 atom stereocenters. The number of fused-ring (bicyclic) bond motifs is 2. The van der Waals surface area contributed by atoms with Crippen LogP contribution in [0.1, 0.15) is 22.3 Å². The van der Waals surface area contributed by atoms with Crippen molar-refractivity contribution in [1.29, 1.82) is 0 Å². The van der Waals surface area contributed by atoms with Crippen molar-refractivity contribution >= 4 is 22.6 Å². The fraction of sp³-hybridized carbons (Fsp3) is 0.214. The minimum Gasteiger partial charge on any atom is -0.481 e. The molecule has 5 rings (SSSR count). The number of carbonyl (C=O) groups excluding carboxylic acids is 1. The van der Waals surface area contributed by atoms with E-state index in [-0.39, 0.29) is 12.5 Å². The monoisotopic (exact) mass is 437 g/mol. The number of para-hydroxylation sites is 1. The summed E-state index contributed by atoms with van der Waals surface area (Å²) in [5.41, 5.74) is 5.80. The van der Waals surface area contributed by atoms with E-state index in [1.165, 1.54) is 16.7 Å². The van der Waals surface area contributed by atoms with E-state index in [2.05, 4.69) is 46.6 Å². The highest BCUT2D eigenvalue weighted by atomic mass is 16.5. The van der Waals surface area contributed by atoms with Gasteiger partial charge in [-0.2, -0.15) is 0 Å². The highest BCUT2D eigenvalue weighted by Crippen LogP contribution is 2.29. The normalized spacial score (nSPS) is 12.9. The Balaban J connectivity index is 1.27. The van der Waals surface area contributed by atoms with E-state index >= 15 is 0 Å². The van der Waals surface area contributed by atoms with Gasteiger partial charge in [0.25, 0.3) is 5.91 Å². The lowest BCUT2D eigenvalue weighted by atomic mass is 10.00. The summed E-state index contributed by atoms with van der Waals surface area (Å²) in [5, 5.41) is 3.91. The second-order valence-electron chi connectivity index (χ2n) is 8.49. The first-order valence-electron chi connectivity index (χ1n) is 11.3. The smallest absolute Gasteiger partial charge is 0.258 e. The number of carbonyl (C=O) groups is 1. The van der Waals surface area contributed by atoms with E-state index in [9.17, 15) is 4.79 Å². The number of hydrogen-bond donors (Lipinski definition) is 1. The van der Waals surface area contributed by atoms with E-state index in [1.54, 1.807) is 0 Å². The molecule has 1 aliphatic rings. The Labute approximate surface area is 194 Å². The molecule has 1 aromatic heterocycles. The molecular weight excluding hydrogens is 410 g/mol. The molecule has 0 saturated heterocycles. The molecule has 0 radical (unpaired) electrons. The van der Waals surface area contributed by atoms with Gasteiger partial charge < -0.3 is 15.0 Å². The van der Waals surface area contributed by atoms with Crippen molar-refractivity contribution in [2.24, 2.45) is 0 Å². The van der Waals surface area contributed by atoms with E-state index in [4.69, 9.17) is 9.72 Å². The van der Waals surface area contributed by atoms with Gasteiger partial charge in [0.1, 0.15) is 17.1 Å². The molecule has 4 aromatic rings. The zero-order chi connectivity index (χ0) is 22.6. The predicted octanol–water partition coefficient (Wildman–Crippen LogP) is 4.80. The molecule has 0 aliphatic carbocycles. The molecule has 1 amide bonds. The maximum Gasteiger partial charge on any atom is 0.258 e. The number of pyridine rings is 1. The third-order valence-corrected chi connectivity index (χ3v) is 6.09. The van der Waals surface area contributed by atoms with Gasteiger partial charge in [0.05, 0.1) is 0 Å². The number of hydrogen-bond acceptors (Lipinski definition) is 4. The molecule has 0 spiro atoms. The Bertz CT molecular complexity index is 1280. The molecule has 0 unspecified atom stereocenters. The Kier molecular flexibility index (Phi) is 5.94. The van der Waals surface area contributed by atoms with Crippen molar-refractivity contribution < 1.29 is 9.53 Å². The van der Waals surface area contributed by atoms with Crippen LogP contribution in [0.25, 0.3) is 10.9 Å². The molecule has 5 nitrogen and oxygen atoms in total. The molecule has 166 valence electrons. The van der Waals surface area contributed by atoms with Gasteiger partial charge in [-0.15, -0.1) is 0 Å². The molecular formula is C28H27N3O2. The number of nitrogens with one attached hydrogen (secondary N) is 1. The summed E-state index contributed by atoms with van der Waals surface area (Å²) in [7, 11) is 0. The largest absolute Gasteiger partial charge is 0.481 e. The second-order valence-corrected chi connectivity index (χ2v) is 8.49. The van der Waals surface area contributed by atoms with E-state index in [1.807, 2.05) is 49.4 Å². The van der Waals surface area contributed by atoms with Crippen LogP contribution >= 0.6 is 0 Å². The quantitative estimate of drug-likeness (QED) is 0.471. The highest BCUT2D eigenvalue weighted by molar-refractivity contribution is 5.86. The third-order valence-electron chi connectivity index (χ3n) is 6.09. The average molecular weight is 438 g/mol. The summed E-state index contributed by atoms with van der Waals surface area (Å²) in [5.74, 6) is 1.39. The summed E-state index contributed by atoms with van der Waals surface area (Å²) >= 11 is 0. The van der Waals surface area contributed by atoms with Gasteiger partial charge >= 0.3 is 0 Å². The van der Waals surface area contributed by atoms with Crippen LogP contribution < -0.4 is 15.0 Å². The third kappa shape index (κ3) is 4.82. The number of aryl methyl sites for hydroxylation is 1. The fourth-order valence-electron chi connectivity index (χ4n) is 4.19. The topological polar surface area (TPSA) is 54.5 Å². The number of ether oxygens (including phenoxy) is 1. The minimum absolute atomic E-state index is 0.0476. The number of amides is 1. The predicted molar refractivity (Wildman–Crippen MR) is 131 cm³/mol. The molecule has 0 saturated carbocycles. The first kappa shape index (κ1) is 21.0. The summed E-state index contributed by atoms with van der Waals surface area (Å²) in [6.45, 7) is 4.26. The van der Waals surface area contributed by atoms with Crippen molar-refractivity contribution in [3.8, 4) is 5.75 Å². The average Bonchev–Trinajstić information content (AvgIpc) is 2.86. The lowest BCUT2D eigenvalue weighted by Crippen LogP contribution is -2.31. The van der Waals surface area contributed by atoms with Gasteiger partial charge in [0.15, 0.2) is 6.61 Å². The first-order chi connectivity index (χ1) is 16.2. The van der Waals surface area contributed by atoms with Crippen LogP contribution in [0.5, 0.6) is 5.75 Å². The van der Waals surface area contributed by atoms with Gasteiger partial charge in [-0.25, -0.2) is 4.98 Å². The molecule has 0 bridgehead atoms. The minimum atomic E-state index is -0.156. The molecule has 0 fully saturated rings. The standard InChI is InChI=1S/C28H27N3O2/c1-20-9-11-21(12-10-20)17-29-27(32)19-33-25-8-4-7-23-13-14-26(30-28(23)25)31-16-15-22-5-2-3-6-24(22)18-31/h2-14H,15-19H2,1H3,(H,29,32). The van der Waals surface area contributed by atoms with Crippen molar-refractivity contribution in [3.63, 3.8) is 0 Å². The Morgan fingerprint density at radius 1 is 0.970 bits per heavy atom. The summed E-state index contributed by atoms with van der Waals surface area (Å²) in [6.07, 6.45) is 1.01. The number of rotatable bonds is 6. The van der Waals surface area contributed by atoms with Crippen molar-refractivity contribution in [3.05, 3.63) is 101 Å². The van der Waals surface area contributed by atoms with Crippen LogP contribution in [0.2, 0.25) is 0 Å². The lowest BCUT2D eigenvalue weighted by molar-refractivity contribution is -0.123. The SMILES string of the molecule is Cc1ccc(CNC(=O)COc2cccc3ccc(N4CCc5ccccc5C4)nc23)cc1. The van der Waals surface area contributed by atoms with Gasteiger partial charge in [-0.1, -0.05) is 66.2 Å². The maximum atomic E-state index is 12.4. The van der Waals surface area contributed by atoms with Gasteiger partial charge in [-0.05, 0) is 48.2 Å². The first-order valence-corrected chi connectivity index (χ1v) is 11.3. The zero-order valence-electron chi connectivity index (χ0n) is 18.8. The van der Waals surface area contributed by atoms with E-state index in [0.29, 0.717) is 12.3 Å². The van der Waals surface area contributed by atoms with Crippen molar-refractivity contribution in [2.45, 2.75) is 26.4 Å². The van der Waals surface area contributed by atoms with Crippen molar-refractivity contribution in [1.82, 2.24) is 10.3 Å². The second kappa shape index (κ2) is 9.33. The van der Waals surface area contributed by atoms with Crippen LogP contribution in [0.15, 0.2) is 78.9 Å². The van der Waals surface area contributed by atoms with Crippen molar-refractivity contribution in [2.75, 3.05) is 18.1 Å². The Hall–Kier alpha value is -3.86. The van der Waals surface area contributed by atoms with Crippen LogP contribution in [-0.2, 0) is 24.3 Å². The van der Waals surface area contributed by atoms with Gasteiger partial charge in [0.2, 0.25) is 0 Å². The van der Waals surface area contributed by atoms with E-state index in [0.717, 1.165) is 41.8 Å². The van der Waals surface area contributed by atoms with Gasteiger partial charge in [0, 0.05) is 25.0 Å². The van der Waals surface area contributed by atoms with Crippen LogP contribution in [0.4, 0.5) is 5.82 Å². The van der Waals surface area contributed by atoms with Crippen LogP contribution in [0.3, 0.4) is 0 Å². The molecule has 33 heavy (non-hydrogen) atoms. The Morgan fingerprint density at radius 3 is 2.64 bits per heavy atom. The lowest BCUT2D eigenvalue weighted by Gasteiger charge is -2.30. The van der Waals surface area contributed by atoms with E-state index < -0.39 is 0 Å². The zero-order valence-corrected chi connectivity index (χ0v) is 18.8. The summed E-state index contributed by atoms with van der Waals surface area (Å²) < 4.78 is 5.89. The fourth-order valence-corrected chi connectivity index (χ4v) is 4.19. The van der Waals surface area contributed by atoms with Crippen LogP contribution in [-0.4, -0.2) is 24.0 Å². The molecule has 5 heteroatoms. The molecule has 1 N–H and O–H groups in total. The molecule has 3 aromatic carbocycles.